The van der Waals surface area contributed by atoms with Crippen LogP contribution in [0.25, 0.3) is 10.9 Å². The molecule has 135 valence electrons. The van der Waals surface area contributed by atoms with Gasteiger partial charge in [-0.1, -0.05) is 18.2 Å². The standard InChI is InChI=1S/C9H7NO.C4H6O6.Co.2H2O/c11-8-5-1-3-7-4-2-6-10-9(7)8;5-1(3(7)8)2(6)4(9)10;;;/h1-6,11H;1-2,5-6H,(H,7,8)(H,9,10);;2*1H2/q;;+2;;/p-2. The van der Waals surface area contributed by atoms with E-state index in [4.69, 9.17) is 10.2 Å². The van der Waals surface area contributed by atoms with Gasteiger partial charge in [-0.2, -0.15) is 0 Å². The van der Waals surface area contributed by atoms with E-state index in [-0.39, 0.29) is 33.5 Å². The molecule has 2 unspecified atom stereocenters. The van der Waals surface area contributed by atoms with Crippen molar-refractivity contribution in [2.75, 3.05) is 0 Å². The Bertz CT molecular complexity index is 629. The molecule has 0 aliphatic heterocycles. The molecule has 1 aromatic heterocycles. The predicted octanol–water partition coefficient (Wildman–Crippen LogP) is -4.50. The molecule has 0 bridgehead atoms. The van der Waals surface area contributed by atoms with Gasteiger partial charge in [0.2, 0.25) is 0 Å². The second-order valence-electron chi connectivity index (χ2n) is 3.88. The molecule has 0 aliphatic rings. The third kappa shape index (κ3) is 7.32. The first-order valence-electron chi connectivity index (χ1n) is 5.65. The van der Waals surface area contributed by atoms with Gasteiger partial charge in [-0.25, -0.2) is 0 Å². The van der Waals surface area contributed by atoms with Crippen LogP contribution in [-0.4, -0.2) is 55.4 Å². The number of rotatable bonds is 3. The quantitative estimate of drug-likeness (QED) is 0.464. The molecular weight excluding hydrogens is 373 g/mol. The number of carbonyl (C=O) groups excluding carboxylic acids is 2. The molecule has 0 spiro atoms. The van der Waals surface area contributed by atoms with Crippen LogP contribution in [0, 0.1) is 0 Å². The normalized spacial score (nSPS) is 11.2. The van der Waals surface area contributed by atoms with Crippen molar-refractivity contribution in [2.24, 2.45) is 0 Å². The van der Waals surface area contributed by atoms with Crippen LogP contribution in [0.2, 0.25) is 0 Å². The van der Waals surface area contributed by atoms with Gasteiger partial charge in [0.25, 0.3) is 0 Å². The van der Waals surface area contributed by atoms with Gasteiger partial charge in [0.05, 0.1) is 11.9 Å². The number of aliphatic hydroxyl groups is 2. The summed E-state index contributed by atoms with van der Waals surface area (Å²) in [6.07, 6.45) is -3.21. The number of aliphatic hydroxyl groups excluding tert-OH is 2. The molecule has 24 heavy (non-hydrogen) atoms. The van der Waals surface area contributed by atoms with E-state index in [2.05, 4.69) is 4.98 Å². The first-order chi connectivity index (χ1) is 9.84. The Kier molecular flexibility index (Phi) is 13.5. The SMILES string of the molecule is O.O.O=C([O-])C(O)C(O)C(=O)[O-].Oc1cccc2cccnc12.[Co+2]. The summed E-state index contributed by atoms with van der Waals surface area (Å²) in [6.45, 7) is 0. The summed E-state index contributed by atoms with van der Waals surface area (Å²) in [5, 5.41) is 46.0. The monoisotopic (exact) mass is 388 g/mol. The van der Waals surface area contributed by atoms with Crippen LogP contribution in [0.3, 0.4) is 0 Å². The third-order valence-electron chi connectivity index (χ3n) is 2.39. The minimum atomic E-state index is -2.44. The zero-order chi connectivity index (χ0) is 16.0. The number of carboxylic acid groups (broad SMARTS) is 2. The van der Waals surface area contributed by atoms with Gasteiger partial charge in [0.1, 0.15) is 23.5 Å². The summed E-state index contributed by atoms with van der Waals surface area (Å²) in [4.78, 5) is 23.3. The van der Waals surface area contributed by atoms with Crippen molar-refractivity contribution in [1.29, 1.82) is 0 Å². The van der Waals surface area contributed by atoms with E-state index in [1.807, 2.05) is 18.2 Å². The van der Waals surface area contributed by atoms with Gasteiger partial charge in [-0.05, 0) is 12.1 Å². The number of hydrogen-bond donors (Lipinski definition) is 3. The fourth-order valence-electron chi connectivity index (χ4n) is 1.35. The first kappa shape index (κ1) is 26.6. The van der Waals surface area contributed by atoms with Crippen molar-refractivity contribution in [3.63, 3.8) is 0 Å². The van der Waals surface area contributed by atoms with Crippen LogP contribution in [0.15, 0.2) is 36.5 Å². The number of para-hydroxylation sites is 1. The predicted molar refractivity (Wildman–Crippen MR) is 72.7 cm³/mol. The van der Waals surface area contributed by atoms with Gasteiger partial charge in [0.15, 0.2) is 0 Å². The maximum atomic E-state index is 9.63. The summed E-state index contributed by atoms with van der Waals surface area (Å²) in [5.41, 5.74) is 0.662. The maximum absolute atomic E-state index is 9.63. The molecule has 2 rings (SSSR count). The summed E-state index contributed by atoms with van der Waals surface area (Å²) in [5.74, 6) is -3.88. The number of carbonyl (C=O) groups is 2. The van der Waals surface area contributed by atoms with E-state index in [1.54, 1.807) is 18.3 Å². The van der Waals surface area contributed by atoms with E-state index in [9.17, 15) is 24.9 Å². The Balaban J connectivity index is -0.000000329. The molecule has 0 amide bonds. The zero-order valence-corrected chi connectivity index (χ0v) is 12.9. The van der Waals surface area contributed by atoms with E-state index in [0.717, 1.165) is 5.39 Å². The summed E-state index contributed by atoms with van der Waals surface area (Å²) in [7, 11) is 0. The van der Waals surface area contributed by atoms with Crippen LogP contribution < -0.4 is 10.2 Å². The number of aromatic hydroxyl groups is 1. The van der Waals surface area contributed by atoms with Gasteiger partial charge in [-0.3, -0.25) is 4.98 Å². The Hall–Kier alpha value is -2.28. The average molecular weight is 388 g/mol. The molecule has 1 heterocycles. The molecule has 7 N–H and O–H groups in total. The maximum Gasteiger partial charge on any atom is 2.00 e. The number of aromatic nitrogens is 1. The average Bonchev–Trinajstić information content (AvgIpc) is 2.46. The Labute approximate surface area is 145 Å². The largest absolute Gasteiger partial charge is 2.00 e. The number of nitrogens with zero attached hydrogens (tertiary/aromatic N) is 1. The van der Waals surface area contributed by atoms with E-state index >= 15 is 0 Å². The Morgan fingerprint density at radius 2 is 1.42 bits per heavy atom. The summed E-state index contributed by atoms with van der Waals surface area (Å²) in [6, 6.07) is 9.13. The van der Waals surface area contributed by atoms with Gasteiger partial charge in [-0.15, -0.1) is 0 Å². The number of aliphatic carboxylic acids is 2. The fraction of sp³-hybridized carbons (Fsp3) is 0.154. The number of pyridine rings is 1. The molecule has 1 radical (unpaired) electrons. The Morgan fingerprint density at radius 1 is 0.958 bits per heavy atom. The van der Waals surface area contributed by atoms with Crippen molar-refractivity contribution in [3.05, 3.63) is 36.5 Å². The number of phenols is 1. The topological polar surface area (TPSA) is 217 Å². The molecule has 10 nitrogen and oxygen atoms in total. The van der Waals surface area contributed by atoms with Crippen LogP contribution >= 0.6 is 0 Å². The first-order valence-corrected chi connectivity index (χ1v) is 5.65. The van der Waals surface area contributed by atoms with Crippen LogP contribution in [-0.2, 0) is 26.4 Å². The molecule has 11 heteroatoms. The zero-order valence-electron chi connectivity index (χ0n) is 11.9. The molecular formula is C13H15CoNO9. The molecule has 0 saturated heterocycles. The minimum Gasteiger partial charge on any atom is -0.547 e. The van der Waals surface area contributed by atoms with Crippen molar-refractivity contribution >= 4 is 22.8 Å². The van der Waals surface area contributed by atoms with Crippen molar-refractivity contribution in [2.45, 2.75) is 12.2 Å². The fourth-order valence-corrected chi connectivity index (χ4v) is 1.35. The molecule has 0 fully saturated rings. The second kappa shape index (κ2) is 12.2. The van der Waals surface area contributed by atoms with Crippen molar-refractivity contribution in [3.8, 4) is 5.75 Å². The Morgan fingerprint density at radius 3 is 1.83 bits per heavy atom. The second-order valence-corrected chi connectivity index (χ2v) is 3.88. The van der Waals surface area contributed by atoms with Crippen molar-refractivity contribution in [1.82, 2.24) is 4.98 Å². The number of fused-ring (bicyclic) bond motifs is 1. The summed E-state index contributed by atoms with van der Waals surface area (Å²) >= 11 is 0. The van der Waals surface area contributed by atoms with Crippen LogP contribution in [0.4, 0.5) is 0 Å². The molecule has 0 saturated carbocycles. The number of carboxylic acids is 2. The molecule has 2 atom stereocenters. The molecule has 1 aromatic carbocycles. The van der Waals surface area contributed by atoms with Crippen LogP contribution in [0.1, 0.15) is 0 Å². The van der Waals surface area contributed by atoms with Gasteiger partial charge >= 0.3 is 16.8 Å². The summed E-state index contributed by atoms with van der Waals surface area (Å²) < 4.78 is 0. The molecule has 0 aliphatic carbocycles. The molecule has 2 aromatic rings. The van der Waals surface area contributed by atoms with Crippen molar-refractivity contribution < 1.29 is 62.9 Å². The van der Waals surface area contributed by atoms with Gasteiger partial charge in [0, 0.05) is 11.6 Å². The van der Waals surface area contributed by atoms with Crippen LogP contribution in [0.5, 0.6) is 5.75 Å². The number of phenolic OH excluding ortho intramolecular Hbond substituents is 1. The van der Waals surface area contributed by atoms with E-state index in [1.165, 1.54) is 0 Å². The minimum absolute atomic E-state index is 0. The third-order valence-corrected chi connectivity index (χ3v) is 2.39. The smallest absolute Gasteiger partial charge is 0.547 e. The van der Waals surface area contributed by atoms with E-state index in [0.29, 0.717) is 5.52 Å². The van der Waals surface area contributed by atoms with Gasteiger partial charge < -0.3 is 46.1 Å². The van der Waals surface area contributed by atoms with E-state index < -0.39 is 24.1 Å². The number of hydrogen-bond acceptors (Lipinski definition) is 8. The number of benzene rings is 1.